The number of hydrogen-bond donors (Lipinski definition) is 1. The van der Waals surface area contributed by atoms with Crippen LogP contribution in [0.4, 0.5) is 10.1 Å². The lowest BCUT2D eigenvalue weighted by atomic mass is 10.1. The summed E-state index contributed by atoms with van der Waals surface area (Å²) < 4.78 is 14.8. The van der Waals surface area contributed by atoms with Gasteiger partial charge in [-0.1, -0.05) is 24.9 Å². The first-order valence-electron chi connectivity index (χ1n) is 7.27. The molecule has 0 saturated carbocycles. The molecule has 0 radical (unpaired) electrons. The van der Waals surface area contributed by atoms with Crippen molar-refractivity contribution in [2.24, 2.45) is 0 Å². The highest BCUT2D eigenvalue weighted by Gasteiger charge is 2.22. The van der Waals surface area contributed by atoms with E-state index in [1.54, 1.807) is 6.92 Å². The van der Waals surface area contributed by atoms with Crippen molar-refractivity contribution < 1.29 is 13.8 Å². The Kier molecular flexibility index (Phi) is 5.50. The highest BCUT2D eigenvalue weighted by atomic mass is 35.5. The van der Waals surface area contributed by atoms with Crippen LogP contribution in [-0.4, -0.2) is 5.91 Å². The normalized spacial score (nSPS) is 12.0. The van der Waals surface area contributed by atoms with Crippen molar-refractivity contribution in [3.05, 3.63) is 59.1 Å². The monoisotopic (exact) mass is 321 g/mol. The summed E-state index contributed by atoms with van der Waals surface area (Å²) in [4.78, 5) is 12.3. The number of anilines is 1. The topological polar surface area (TPSA) is 33.0 Å². The number of nitrogens with zero attached hydrogens (tertiary/aromatic N) is 1. The molecule has 2 rings (SSSR count). The lowest BCUT2D eigenvalue weighted by molar-refractivity contribution is -0.705. The van der Waals surface area contributed by atoms with E-state index >= 15 is 0 Å². The van der Waals surface area contributed by atoms with Gasteiger partial charge >= 0.3 is 0 Å². The number of hydrogen-bond acceptors (Lipinski definition) is 1. The second kappa shape index (κ2) is 7.36. The van der Waals surface area contributed by atoms with Crippen molar-refractivity contribution in [1.82, 2.24) is 0 Å². The molecule has 0 aliphatic rings. The third kappa shape index (κ3) is 4.04. The minimum atomic E-state index is -0.433. The molecule has 0 fully saturated rings. The van der Waals surface area contributed by atoms with E-state index in [1.807, 2.05) is 29.1 Å². The summed E-state index contributed by atoms with van der Waals surface area (Å²) in [6, 6.07) is 7.53. The van der Waals surface area contributed by atoms with E-state index in [0.717, 1.165) is 12.8 Å². The van der Waals surface area contributed by atoms with Crippen molar-refractivity contribution in [3.8, 4) is 0 Å². The zero-order valence-corrected chi connectivity index (χ0v) is 13.4. The van der Waals surface area contributed by atoms with Gasteiger partial charge < -0.3 is 5.32 Å². The van der Waals surface area contributed by atoms with Crippen LogP contribution in [0.1, 0.15) is 31.9 Å². The molecule has 3 nitrogen and oxygen atoms in total. The number of benzene rings is 1. The minimum absolute atomic E-state index is 0.184. The van der Waals surface area contributed by atoms with E-state index in [0.29, 0.717) is 5.69 Å². The Labute approximate surface area is 134 Å². The Morgan fingerprint density at radius 2 is 2.00 bits per heavy atom. The molecule has 5 heteroatoms. The number of rotatable bonds is 5. The Morgan fingerprint density at radius 3 is 2.59 bits per heavy atom. The van der Waals surface area contributed by atoms with Gasteiger partial charge in [0.05, 0.1) is 10.7 Å². The fourth-order valence-corrected chi connectivity index (χ4v) is 2.36. The summed E-state index contributed by atoms with van der Waals surface area (Å²) in [5.41, 5.74) is 1.65. The van der Waals surface area contributed by atoms with Crippen molar-refractivity contribution in [2.75, 3.05) is 5.32 Å². The second-order valence-electron chi connectivity index (χ2n) is 5.19. The molecule has 0 aliphatic carbocycles. The van der Waals surface area contributed by atoms with Crippen LogP contribution in [0.15, 0.2) is 42.7 Å². The predicted octanol–water partition coefficient (Wildman–Crippen LogP) is 3.92. The number of halogens is 2. The molecule has 1 aromatic carbocycles. The molecule has 1 aromatic heterocycles. The first-order valence-corrected chi connectivity index (χ1v) is 7.64. The molecule has 0 unspecified atom stereocenters. The molecule has 1 N–H and O–H groups in total. The van der Waals surface area contributed by atoms with Gasteiger partial charge in [-0.3, -0.25) is 4.79 Å². The van der Waals surface area contributed by atoms with Crippen LogP contribution in [-0.2, 0) is 11.2 Å². The van der Waals surface area contributed by atoms with Gasteiger partial charge in [0.2, 0.25) is 6.04 Å². The number of pyridine rings is 1. The zero-order valence-electron chi connectivity index (χ0n) is 12.6. The van der Waals surface area contributed by atoms with Crippen molar-refractivity contribution in [1.29, 1.82) is 0 Å². The smallest absolute Gasteiger partial charge is 0.293 e. The zero-order chi connectivity index (χ0) is 16.1. The van der Waals surface area contributed by atoms with E-state index in [9.17, 15) is 9.18 Å². The van der Waals surface area contributed by atoms with Gasteiger partial charge in [0, 0.05) is 19.1 Å². The van der Waals surface area contributed by atoms with E-state index < -0.39 is 11.9 Å². The lowest BCUT2D eigenvalue weighted by Crippen LogP contribution is -2.44. The quantitative estimate of drug-likeness (QED) is 0.832. The van der Waals surface area contributed by atoms with Crippen LogP contribution in [0.3, 0.4) is 0 Å². The highest BCUT2D eigenvalue weighted by Crippen LogP contribution is 2.22. The number of aromatic nitrogens is 1. The SMILES string of the molecule is CCCc1cc[n+]([C@@H](C)C(=O)Nc2ccc(F)cc2Cl)cc1. The van der Waals surface area contributed by atoms with E-state index in [4.69, 9.17) is 11.6 Å². The predicted molar refractivity (Wildman–Crippen MR) is 85.4 cm³/mol. The maximum absolute atomic E-state index is 13.0. The maximum atomic E-state index is 13.0. The minimum Gasteiger partial charge on any atom is -0.319 e. The number of carbonyl (C=O) groups is 1. The summed E-state index contributed by atoms with van der Waals surface area (Å²) in [7, 11) is 0. The van der Waals surface area contributed by atoms with Gasteiger partial charge in [0.1, 0.15) is 5.82 Å². The van der Waals surface area contributed by atoms with Crippen LogP contribution in [0.5, 0.6) is 0 Å². The number of carbonyl (C=O) groups excluding carboxylic acids is 1. The molecule has 0 spiro atoms. The van der Waals surface area contributed by atoms with E-state index in [2.05, 4.69) is 12.2 Å². The molecule has 0 aliphatic heterocycles. The fraction of sp³-hybridized carbons (Fsp3) is 0.294. The Bertz CT molecular complexity index is 658. The second-order valence-corrected chi connectivity index (χ2v) is 5.60. The Balaban J connectivity index is 2.08. The molecule has 0 bridgehead atoms. The average molecular weight is 322 g/mol. The first-order chi connectivity index (χ1) is 10.5. The molecule has 116 valence electrons. The Hall–Kier alpha value is -1.94. The maximum Gasteiger partial charge on any atom is 0.293 e. The molecule has 2 aromatic rings. The molecule has 22 heavy (non-hydrogen) atoms. The first kappa shape index (κ1) is 16.4. The van der Waals surface area contributed by atoms with Gasteiger partial charge in [-0.2, -0.15) is 4.57 Å². The summed E-state index contributed by atoms with van der Waals surface area (Å²) in [6.45, 7) is 3.93. The highest BCUT2D eigenvalue weighted by molar-refractivity contribution is 6.33. The summed E-state index contributed by atoms with van der Waals surface area (Å²) >= 11 is 5.92. The lowest BCUT2D eigenvalue weighted by Gasteiger charge is -2.10. The van der Waals surface area contributed by atoms with Crippen LogP contribution in [0, 0.1) is 5.82 Å². The van der Waals surface area contributed by atoms with Crippen LogP contribution < -0.4 is 9.88 Å². The number of amides is 1. The van der Waals surface area contributed by atoms with Gasteiger partial charge in [0.25, 0.3) is 5.91 Å². The van der Waals surface area contributed by atoms with Crippen LogP contribution in [0.25, 0.3) is 0 Å². The summed E-state index contributed by atoms with van der Waals surface area (Å²) in [5, 5.41) is 2.90. The number of aryl methyl sites for hydroxylation is 1. The average Bonchev–Trinajstić information content (AvgIpc) is 2.50. The van der Waals surface area contributed by atoms with Gasteiger partial charge in [0.15, 0.2) is 12.4 Å². The molecule has 1 heterocycles. The van der Waals surface area contributed by atoms with Crippen molar-refractivity contribution in [2.45, 2.75) is 32.7 Å². The van der Waals surface area contributed by atoms with Gasteiger partial charge in [-0.25, -0.2) is 4.39 Å². The van der Waals surface area contributed by atoms with Gasteiger partial charge in [-0.05, 0) is 30.2 Å². The molecular weight excluding hydrogens is 303 g/mol. The van der Waals surface area contributed by atoms with Crippen molar-refractivity contribution in [3.63, 3.8) is 0 Å². The molecular formula is C17H19ClFN2O+. The summed E-state index contributed by atoms with van der Waals surface area (Å²) in [5.74, 6) is -0.640. The molecule has 1 atom stereocenters. The molecule has 1 amide bonds. The van der Waals surface area contributed by atoms with Gasteiger partial charge in [-0.15, -0.1) is 0 Å². The fourth-order valence-electron chi connectivity index (χ4n) is 2.15. The number of nitrogens with one attached hydrogen (secondary N) is 1. The van der Waals surface area contributed by atoms with Crippen molar-refractivity contribution >= 4 is 23.2 Å². The standard InChI is InChI=1S/C17H18ClFN2O/c1-3-4-13-7-9-21(10-8-13)12(2)17(22)20-16-6-5-14(19)11-15(16)18/h5-12H,3-4H2,1-2H3/p+1/t12-/m0/s1. The largest absolute Gasteiger partial charge is 0.319 e. The third-order valence-electron chi connectivity index (χ3n) is 3.48. The van der Waals surface area contributed by atoms with E-state index in [-0.39, 0.29) is 10.9 Å². The van der Waals surface area contributed by atoms with Crippen LogP contribution in [0.2, 0.25) is 5.02 Å². The van der Waals surface area contributed by atoms with Crippen LogP contribution >= 0.6 is 11.6 Å². The molecule has 0 saturated heterocycles. The Morgan fingerprint density at radius 1 is 1.32 bits per heavy atom. The van der Waals surface area contributed by atoms with E-state index in [1.165, 1.54) is 23.8 Å². The summed E-state index contributed by atoms with van der Waals surface area (Å²) in [6.07, 6.45) is 5.89. The third-order valence-corrected chi connectivity index (χ3v) is 3.79.